The van der Waals surface area contributed by atoms with E-state index < -0.39 is 0 Å². The highest BCUT2D eigenvalue weighted by molar-refractivity contribution is 6.30. The molecule has 3 heterocycles. The molecule has 0 aliphatic heterocycles. The largest absolute Gasteiger partial charge is 0.443 e. The van der Waals surface area contributed by atoms with Crippen LogP contribution < -0.4 is 0 Å². The number of hydrogen-bond donors (Lipinski definition) is 0. The van der Waals surface area contributed by atoms with Crippen molar-refractivity contribution in [1.29, 1.82) is 0 Å². The van der Waals surface area contributed by atoms with Crippen LogP contribution in [-0.4, -0.2) is 19.9 Å². The Labute approximate surface area is 396 Å². The smallest absolute Gasteiger partial charge is 0.181 e. The van der Waals surface area contributed by atoms with Crippen LogP contribution >= 0.6 is 0 Å². The van der Waals surface area contributed by atoms with Gasteiger partial charge in [0.2, 0.25) is 0 Å². The highest BCUT2D eigenvalue weighted by Crippen LogP contribution is 2.44. The number of hydrogen-bond acceptors (Lipinski definition) is 5. The van der Waals surface area contributed by atoms with Crippen molar-refractivity contribution >= 4 is 75.7 Å². The summed E-state index contributed by atoms with van der Waals surface area (Å²) in [5, 5.41) is 14.5. The third kappa shape index (κ3) is 6.47. The summed E-state index contributed by atoms with van der Waals surface area (Å²) in [6, 6.07) is 80.0. The van der Waals surface area contributed by atoms with Gasteiger partial charge in [0.1, 0.15) is 5.52 Å². The van der Waals surface area contributed by atoms with Gasteiger partial charge in [-0.1, -0.05) is 176 Å². The maximum Gasteiger partial charge on any atom is 0.181 e. The number of pyridine rings is 1. The van der Waals surface area contributed by atoms with Crippen molar-refractivity contribution in [3.63, 3.8) is 0 Å². The molecule has 0 aliphatic carbocycles. The molecule has 14 rings (SSSR count). The molecule has 0 bridgehead atoms. The molecule has 0 unspecified atom stereocenters. The number of rotatable bonds is 6. The Hall–Kier alpha value is -9.32. The van der Waals surface area contributed by atoms with E-state index in [0.717, 1.165) is 61.7 Å². The van der Waals surface area contributed by atoms with Gasteiger partial charge in [0.15, 0.2) is 17.8 Å². The molecule has 0 saturated carbocycles. The van der Waals surface area contributed by atoms with Crippen molar-refractivity contribution in [2.45, 2.75) is 0 Å². The Morgan fingerprint density at radius 3 is 1.43 bits per heavy atom. The second kappa shape index (κ2) is 15.7. The lowest BCUT2D eigenvalue weighted by Crippen LogP contribution is -1.96. The van der Waals surface area contributed by atoms with Gasteiger partial charge in [-0.2, -0.15) is 0 Å². The lowest BCUT2D eigenvalue weighted by atomic mass is 9.87. The second-order valence-electron chi connectivity index (χ2n) is 17.7. The predicted octanol–water partition coefficient (Wildman–Crippen LogP) is 16.9. The molecule has 0 atom stereocenters. The van der Waals surface area contributed by atoms with Crippen molar-refractivity contribution in [3.05, 3.63) is 231 Å². The zero-order valence-corrected chi connectivity index (χ0v) is 37.1. The summed E-state index contributed by atoms with van der Waals surface area (Å²) in [6.07, 6.45) is 1.48. The molecule has 3 aromatic heterocycles. The van der Waals surface area contributed by atoms with Gasteiger partial charge in [-0.3, -0.25) is 0 Å². The third-order valence-electron chi connectivity index (χ3n) is 13.8. The molecule has 320 valence electrons. The van der Waals surface area contributed by atoms with Gasteiger partial charge >= 0.3 is 0 Å². The van der Waals surface area contributed by atoms with E-state index >= 15 is 0 Å². The van der Waals surface area contributed by atoms with Crippen LogP contribution in [0.4, 0.5) is 0 Å². The zero-order valence-electron chi connectivity index (χ0n) is 37.1. The van der Waals surface area contributed by atoms with E-state index in [2.05, 4.69) is 199 Å². The molecule has 5 nitrogen and oxygen atoms in total. The maximum atomic E-state index is 5.62. The van der Waals surface area contributed by atoms with Gasteiger partial charge < -0.3 is 4.42 Å². The summed E-state index contributed by atoms with van der Waals surface area (Å²) in [5.41, 5.74) is 12.6. The summed E-state index contributed by atoms with van der Waals surface area (Å²) in [6.45, 7) is 0. The zero-order chi connectivity index (χ0) is 45.4. The van der Waals surface area contributed by atoms with E-state index in [1.165, 1.54) is 82.2 Å². The first kappa shape index (κ1) is 38.9. The number of fused-ring (bicyclic) bond motifs is 13. The summed E-state index contributed by atoms with van der Waals surface area (Å²) in [5.74, 6) is 0.696. The number of aromatic nitrogens is 4. The van der Waals surface area contributed by atoms with Crippen molar-refractivity contribution in [2.75, 3.05) is 0 Å². The Kier molecular flexibility index (Phi) is 8.83. The molecule has 0 saturated heterocycles. The molecular weight excluding hydrogens is 841 g/mol. The lowest BCUT2D eigenvalue weighted by molar-refractivity contribution is 0.602. The molecule has 0 fully saturated rings. The van der Waals surface area contributed by atoms with Gasteiger partial charge in [0.25, 0.3) is 0 Å². The first-order valence-corrected chi connectivity index (χ1v) is 23.3. The third-order valence-corrected chi connectivity index (χ3v) is 13.8. The van der Waals surface area contributed by atoms with E-state index in [1.54, 1.807) is 0 Å². The fourth-order valence-corrected chi connectivity index (χ4v) is 10.5. The molecule has 0 radical (unpaired) electrons. The monoisotopic (exact) mass is 878 g/mol. The van der Waals surface area contributed by atoms with Gasteiger partial charge in [-0.15, -0.1) is 0 Å². The quantitative estimate of drug-likeness (QED) is 0.156. The Balaban J connectivity index is 0.943. The van der Waals surface area contributed by atoms with Crippen molar-refractivity contribution in [1.82, 2.24) is 19.9 Å². The second-order valence-corrected chi connectivity index (χ2v) is 17.7. The highest BCUT2D eigenvalue weighted by Gasteiger charge is 2.18. The van der Waals surface area contributed by atoms with E-state index in [1.807, 2.05) is 30.3 Å². The molecular formula is C64H38N4O. The summed E-state index contributed by atoms with van der Waals surface area (Å²) in [7, 11) is 0. The Morgan fingerprint density at radius 2 is 0.739 bits per heavy atom. The average molecular weight is 879 g/mol. The Bertz CT molecular complexity index is 4310. The molecule has 69 heavy (non-hydrogen) atoms. The van der Waals surface area contributed by atoms with Crippen LogP contribution in [0.1, 0.15) is 0 Å². The predicted molar refractivity (Wildman–Crippen MR) is 285 cm³/mol. The number of benzene rings is 11. The summed E-state index contributed by atoms with van der Waals surface area (Å²) in [4.78, 5) is 19.9. The standard InChI is InChI=1S/C64H38N4O/c1-3-13-39(14-4-1)60-37-61(40-15-5-2-6-16-40)68-64(67-60)44-27-30-50-46-17-7-9-19-48(46)54-33-41(25-29-51(54)55(50)35-44)45-21-11-22-52-47-18-8-10-20-49(47)56-34-42(26-31-53(56)63(45)52)57-23-12-24-58(66-57)43-28-32-59-62(36-43)69-38-65-59/h1-38H. The normalized spacial score (nSPS) is 11.8. The number of nitrogens with zero attached hydrogens (tertiary/aromatic N) is 4. The van der Waals surface area contributed by atoms with E-state index in [-0.39, 0.29) is 0 Å². The molecule has 5 heteroatoms. The first-order chi connectivity index (χ1) is 34.2. The molecule has 0 aliphatic rings. The SMILES string of the molecule is c1ccc(-c2cc(-c3ccccc3)nc(-c3ccc4c5ccccc5c5cc(-c6cccc7c8ccccc8c8cc(-c9cccc(-c%10ccc%11ncoc%11c%10)n9)ccc8c67)ccc5c4c3)n2)cc1. The summed E-state index contributed by atoms with van der Waals surface area (Å²) < 4.78 is 5.62. The van der Waals surface area contributed by atoms with Gasteiger partial charge in [-0.25, -0.2) is 19.9 Å². The van der Waals surface area contributed by atoms with Crippen LogP contribution in [0.15, 0.2) is 235 Å². The van der Waals surface area contributed by atoms with Crippen LogP contribution in [0.25, 0.3) is 143 Å². The molecule has 0 amide bonds. The fourth-order valence-electron chi connectivity index (χ4n) is 10.5. The van der Waals surface area contributed by atoms with Gasteiger partial charge in [-0.05, 0) is 124 Å². The minimum Gasteiger partial charge on any atom is -0.443 e. The highest BCUT2D eigenvalue weighted by atomic mass is 16.3. The minimum atomic E-state index is 0.696. The first-order valence-electron chi connectivity index (χ1n) is 23.3. The topological polar surface area (TPSA) is 64.7 Å². The molecule has 11 aromatic carbocycles. The van der Waals surface area contributed by atoms with Crippen LogP contribution in [-0.2, 0) is 0 Å². The van der Waals surface area contributed by atoms with Crippen LogP contribution in [0.2, 0.25) is 0 Å². The van der Waals surface area contributed by atoms with E-state index in [9.17, 15) is 0 Å². The van der Waals surface area contributed by atoms with Crippen LogP contribution in [0.3, 0.4) is 0 Å². The van der Waals surface area contributed by atoms with Crippen LogP contribution in [0.5, 0.6) is 0 Å². The van der Waals surface area contributed by atoms with Crippen molar-refractivity contribution in [2.24, 2.45) is 0 Å². The maximum absolute atomic E-state index is 5.62. The average Bonchev–Trinajstić information content (AvgIpc) is 3.91. The minimum absolute atomic E-state index is 0.696. The Morgan fingerprint density at radius 1 is 0.275 bits per heavy atom. The van der Waals surface area contributed by atoms with Crippen molar-refractivity contribution < 1.29 is 4.42 Å². The fraction of sp³-hybridized carbons (Fsp3) is 0. The number of oxazole rings is 1. The summed E-state index contributed by atoms with van der Waals surface area (Å²) >= 11 is 0. The van der Waals surface area contributed by atoms with Crippen LogP contribution in [0, 0.1) is 0 Å². The van der Waals surface area contributed by atoms with Crippen molar-refractivity contribution in [3.8, 4) is 67.5 Å². The van der Waals surface area contributed by atoms with Gasteiger partial charge in [0.05, 0.1) is 22.8 Å². The van der Waals surface area contributed by atoms with E-state index in [0.29, 0.717) is 5.82 Å². The van der Waals surface area contributed by atoms with Gasteiger partial charge in [0, 0.05) is 27.8 Å². The van der Waals surface area contributed by atoms with E-state index in [4.69, 9.17) is 19.4 Å². The lowest BCUT2D eigenvalue weighted by Gasteiger charge is -2.17. The molecule has 0 spiro atoms. The molecule has 14 aromatic rings. The molecule has 0 N–H and O–H groups in total.